The molecule has 3 fully saturated rings. The van der Waals surface area contributed by atoms with Crippen LogP contribution in [0.5, 0.6) is 0 Å². The van der Waals surface area contributed by atoms with Gasteiger partial charge in [-0.3, -0.25) is 9.69 Å². The van der Waals surface area contributed by atoms with Crippen molar-refractivity contribution in [3.05, 3.63) is 35.9 Å². The molecule has 4 rings (SSSR count). The molecule has 1 saturated carbocycles. The summed E-state index contributed by atoms with van der Waals surface area (Å²) in [6.45, 7) is 1.07. The van der Waals surface area contributed by atoms with Gasteiger partial charge in [-0.25, -0.2) is 0 Å². The van der Waals surface area contributed by atoms with E-state index in [9.17, 15) is 4.79 Å². The van der Waals surface area contributed by atoms with Gasteiger partial charge in [0.2, 0.25) is 5.91 Å². The quantitative estimate of drug-likeness (QED) is 0.926. The molecule has 0 radical (unpaired) electrons. The Morgan fingerprint density at radius 2 is 1.73 bits per heavy atom. The Balaban J connectivity index is 1.41. The van der Waals surface area contributed by atoms with E-state index in [2.05, 4.69) is 40.5 Å². The molecule has 2 aliphatic heterocycles. The lowest BCUT2D eigenvalue weighted by atomic mass is 9.81. The maximum absolute atomic E-state index is 12.0. The van der Waals surface area contributed by atoms with Crippen molar-refractivity contribution >= 4 is 5.91 Å². The Morgan fingerprint density at radius 3 is 2.36 bits per heavy atom. The van der Waals surface area contributed by atoms with Crippen LogP contribution in [0.25, 0.3) is 0 Å². The summed E-state index contributed by atoms with van der Waals surface area (Å²) in [6, 6.07) is 12.5. The molecule has 3 nitrogen and oxygen atoms in total. The summed E-state index contributed by atoms with van der Waals surface area (Å²) >= 11 is 0. The van der Waals surface area contributed by atoms with Crippen LogP contribution in [0, 0.1) is 5.92 Å². The minimum absolute atomic E-state index is 0.319. The van der Waals surface area contributed by atoms with E-state index in [-0.39, 0.29) is 0 Å². The molecule has 1 aromatic carbocycles. The van der Waals surface area contributed by atoms with Crippen LogP contribution < -0.4 is 5.32 Å². The van der Waals surface area contributed by atoms with E-state index in [1.54, 1.807) is 0 Å². The van der Waals surface area contributed by atoms with Crippen LogP contribution >= 0.6 is 0 Å². The van der Waals surface area contributed by atoms with Crippen molar-refractivity contribution in [1.82, 2.24) is 10.2 Å². The van der Waals surface area contributed by atoms with Gasteiger partial charge in [0.1, 0.15) is 0 Å². The lowest BCUT2D eigenvalue weighted by molar-refractivity contribution is -0.124. The average Bonchev–Trinajstić information content (AvgIpc) is 3.34. The zero-order valence-electron chi connectivity index (χ0n) is 13.2. The Kier molecular flexibility index (Phi) is 3.91. The molecule has 0 spiro atoms. The molecule has 1 amide bonds. The van der Waals surface area contributed by atoms with E-state index >= 15 is 0 Å². The first-order valence-corrected chi connectivity index (χ1v) is 8.89. The average molecular weight is 298 g/mol. The van der Waals surface area contributed by atoms with Crippen LogP contribution in [0.4, 0.5) is 0 Å². The van der Waals surface area contributed by atoms with Gasteiger partial charge in [-0.2, -0.15) is 0 Å². The summed E-state index contributed by atoms with van der Waals surface area (Å²) < 4.78 is 0. The standard InChI is InChI=1S/C19H26N2O/c22-19(15-9-10-15)20-16-11-17-7-4-8-18(12-16)21(17)13-14-5-2-1-3-6-14/h1-3,5-6,15-18H,4,7-13H2,(H,20,22)/t16?,17-,18+. The Hall–Kier alpha value is -1.35. The summed E-state index contributed by atoms with van der Waals surface area (Å²) in [5, 5.41) is 3.33. The van der Waals surface area contributed by atoms with Gasteiger partial charge in [-0.1, -0.05) is 36.8 Å². The van der Waals surface area contributed by atoms with Crippen LogP contribution in [0.1, 0.15) is 50.5 Å². The fourth-order valence-corrected chi connectivity index (χ4v) is 4.31. The molecule has 3 atom stereocenters. The Morgan fingerprint density at radius 1 is 1.05 bits per heavy atom. The van der Waals surface area contributed by atoms with Crippen molar-refractivity contribution in [1.29, 1.82) is 0 Å². The first kappa shape index (κ1) is 14.3. The molecule has 1 N–H and O–H groups in total. The highest BCUT2D eigenvalue weighted by Crippen LogP contribution is 2.36. The van der Waals surface area contributed by atoms with Gasteiger partial charge in [0.05, 0.1) is 0 Å². The molecule has 0 aromatic heterocycles. The van der Waals surface area contributed by atoms with Crippen molar-refractivity contribution in [2.45, 2.75) is 69.6 Å². The van der Waals surface area contributed by atoms with E-state index in [1.807, 2.05) is 0 Å². The summed E-state index contributed by atoms with van der Waals surface area (Å²) in [7, 11) is 0. The van der Waals surface area contributed by atoms with Crippen molar-refractivity contribution in [3.8, 4) is 0 Å². The van der Waals surface area contributed by atoms with Crippen molar-refractivity contribution in [2.75, 3.05) is 0 Å². The topological polar surface area (TPSA) is 32.3 Å². The number of hydrogen-bond donors (Lipinski definition) is 1. The second kappa shape index (κ2) is 6.04. The third kappa shape index (κ3) is 3.05. The number of fused-ring (bicyclic) bond motifs is 2. The summed E-state index contributed by atoms with van der Waals surface area (Å²) in [6.07, 6.45) is 8.42. The van der Waals surface area contributed by atoms with Gasteiger partial charge in [-0.15, -0.1) is 0 Å². The number of carbonyl (C=O) groups is 1. The van der Waals surface area contributed by atoms with Crippen LogP contribution in [0.15, 0.2) is 30.3 Å². The highest BCUT2D eigenvalue weighted by Gasteiger charge is 2.40. The number of rotatable bonds is 4. The maximum atomic E-state index is 12.0. The summed E-state index contributed by atoms with van der Waals surface area (Å²) in [5.41, 5.74) is 1.42. The van der Waals surface area contributed by atoms with Gasteiger partial charge < -0.3 is 5.32 Å². The van der Waals surface area contributed by atoms with E-state index in [0.717, 1.165) is 32.2 Å². The van der Waals surface area contributed by atoms with Crippen LogP contribution in [-0.4, -0.2) is 28.9 Å². The summed E-state index contributed by atoms with van der Waals surface area (Å²) in [5.74, 6) is 0.654. The van der Waals surface area contributed by atoms with Gasteiger partial charge in [0, 0.05) is 30.6 Å². The lowest BCUT2D eigenvalue weighted by Gasteiger charge is -2.49. The number of carbonyl (C=O) groups excluding carboxylic acids is 1. The predicted molar refractivity (Wildman–Crippen MR) is 87.3 cm³/mol. The molecule has 3 heteroatoms. The molecule has 2 saturated heterocycles. The molecule has 1 aliphatic carbocycles. The monoisotopic (exact) mass is 298 g/mol. The third-order valence-electron chi connectivity index (χ3n) is 5.63. The minimum atomic E-state index is 0.319. The second-order valence-electron chi connectivity index (χ2n) is 7.35. The largest absolute Gasteiger partial charge is 0.353 e. The number of piperidine rings is 2. The zero-order chi connectivity index (χ0) is 14.9. The van der Waals surface area contributed by atoms with Gasteiger partial charge >= 0.3 is 0 Å². The van der Waals surface area contributed by atoms with Crippen molar-refractivity contribution in [3.63, 3.8) is 0 Å². The highest BCUT2D eigenvalue weighted by atomic mass is 16.2. The smallest absolute Gasteiger partial charge is 0.223 e. The molecule has 2 bridgehead atoms. The number of benzene rings is 1. The molecule has 118 valence electrons. The molecule has 2 heterocycles. The normalized spacial score (nSPS) is 31.7. The summed E-state index contributed by atoms with van der Waals surface area (Å²) in [4.78, 5) is 14.7. The second-order valence-corrected chi connectivity index (χ2v) is 7.35. The first-order valence-electron chi connectivity index (χ1n) is 8.89. The van der Waals surface area contributed by atoms with Gasteiger partial charge in [-0.05, 0) is 44.1 Å². The van der Waals surface area contributed by atoms with Crippen molar-refractivity contribution < 1.29 is 4.79 Å². The van der Waals surface area contributed by atoms with Gasteiger partial charge in [0.25, 0.3) is 0 Å². The van der Waals surface area contributed by atoms with E-state index < -0.39 is 0 Å². The van der Waals surface area contributed by atoms with Crippen LogP contribution in [-0.2, 0) is 11.3 Å². The lowest BCUT2D eigenvalue weighted by Crippen LogP contribution is -2.56. The number of hydrogen-bond acceptors (Lipinski definition) is 2. The number of nitrogens with one attached hydrogen (secondary N) is 1. The van der Waals surface area contributed by atoms with E-state index in [1.165, 1.54) is 24.8 Å². The zero-order valence-corrected chi connectivity index (χ0v) is 13.2. The molecule has 3 aliphatic rings. The minimum Gasteiger partial charge on any atom is -0.353 e. The first-order chi connectivity index (χ1) is 10.8. The van der Waals surface area contributed by atoms with E-state index in [0.29, 0.717) is 30.0 Å². The molecular weight excluding hydrogens is 272 g/mol. The molecular formula is C19H26N2O. The molecule has 22 heavy (non-hydrogen) atoms. The SMILES string of the molecule is O=C(NC1C[C@H]2CCC[C@@H](C1)N2Cc1ccccc1)C1CC1. The number of nitrogens with zero attached hydrogens (tertiary/aromatic N) is 1. The van der Waals surface area contributed by atoms with Crippen LogP contribution in [0.3, 0.4) is 0 Å². The van der Waals surface area contributed by atoms with Crippen LogP contribution in [0.2, 0.25) is 0 Å². The molecule has 1 aromatic rings. The number of amides is 1. The highest BCUT2D eigenvalue weighted by molar-refractivity contribution is 5.81. The maximum Gasteiger partial charge on any atom is 0.223 e. The fourth-order valence-electron chi connectivity index (χ4n) is 4.31. The Bertz CT molecular complexity index is 511. The fraction of sp³-hybridized carbons (Fsp3) is 0.632. The van der Waals surface area contributed by atoms with E-state index in [4.69, 9.17) is 0 Å². The predicted octanol–water partition coefficient (Wildman–Crippen LogP) is 3.10. The molecule has 1 unspecified atom stereocenters. The Labute approximate surface area is 133 Å². The third-order valence-corrected chi connectivity index (χ3v) is 5.63. The van der Waals surface area contributed by atoms with Crippen molar-refractivity contribution in [2.24, 2.45) is 5.92 Å². The van der Waals surface area contributed by atoms with Gasteiger partial charge in [0.15, 0.2) is 0 Å².